The van der Waals surface area contributed by atoms with Crippen LogP contribution in [0.25, 0.3) is 0 Å². The minimum Gasteiger partial charge on any atom is -0.878 e. The summed E-state index contributed by atoms with van der Waals surface area (Å²) in [6, 6.07) is 0. The van der Waals surface area contributed by atoms with Crippen LogP contribution in [0, 0.1) is 0 Å². The molecule has 0 saturated heterocycles. The van der Waals surface area contributed by atoms with Gasteiger partial charge in [0.25, 0.3) is 0 Å². The molecule has 2 heteroatoms. The summed E-state index contributed by atoms with van der Waals surface area (Å²) >= 11 is 0. The Morgan fingerprint density at radius 3 is 2.00 bits per heavy atom. The smallest absolute Gasteiger partial charge is 0.142 e. The van der Waals surface area contributed by atoms with E-state index >= 15 is 0 Å². The molecule has 0 aliphatic heterocycles. The second-order valence-electron chi connectivity index (χ2n) is 1.23. The van der Waals surface area contributed by atoms with Gasteiger partial charge in [-0.25, -0.2) is 0 Å². The van der Waals surface area contributed by atoms with Crippen molar-refractivity contribution < 1.29 is 9.90 Å². The van der Waals surface area contributed by atoms with Crippen LogP contribution in [0.1, 0.15) is 0 Å². The van der Waals surface area contributed by atoms with E-state index in [4.69, 9.17) is 0 Å². The third-order valence-electron chi connectivity index (χ3n) is 0.602. The van der Waals surface area contributed by atoms with E-state index in [0.717, 1.165) is 0 Å². The number of hydrogen-bond donors (Lipinski definition) is 0. The van der Waals surface area contributed by atoms with Crippen LogP contribution in [0.3, 0.4) is 0 Å². The summed E-state index contributed by atoms with van der Waals surface area (Å²) in [7, 11) is 0. The Hall–Kier alpha value is -1.31. The van der Waals surface area contributed by atoms with Crippen molar-refractivity contribution in [3.8, 4) is 0 Å². The van der Waals surface area contributed by atoms with Crippen LogP contribution in [0.4, 0.5) is 0 Å². The molecule has 0 saturated carbocycles. The van der Waals surface area contributed by atoms with Gasteiger partial charge < -0.3 is 5.11 Å². The fourth-order valence-corrected chi connectivity index (χ4v) is 0.283. The first-order valence-corrected chi connectivity index (χ1v) is 2.47. The summed E-state index contributed by atoms with van der Waals surface area (Å²) in [5.41, 5.74) is 0. The lowest BCUT2D eigenvalue weighted by molar-refractivity contribution is -0.274. The molecular weight excluding hydrogens is 116 g/mol. The number of hydrogen-bond acceptors (Lipinski definition) is 2. The van der Waals surface area contributed by atoms with Crippen molar-refractivity contribution in [1.29, 1.82) is 0 Å². The van der Waals surface area contributed by atoms with E-state index in [0.29, 0.717) is 12.5 Å². The van der Waals surface area contributed by atoms with Crippen molar-refractivity contribution in [3.63, 3.8) is 0 Å². The van der Waals surface area contributed by atoms with Gasteiger partial charge >= 0.3 is 0 Å². The highest BCUT2D eigenvalue weighted by molar-refractivity contribution is 5.65. The third kappa shape index (κ3) is 6.69. The number of carbonyl (C=O) groups excluding carboxylic acids is 1. The summed E-state index contributed by atoms with van der Waals surface area (Å²) in [4.78, 5) is 9.64. The Morgan fingerprint density at radius 1 is 0.889 bits per heavy atom. The molecule has 0 aromatic carbocycles. The molecule has 0 radical (unpaired) electrons. The van der Waals surface area contributed by atoms with E-state index in [1.54, 1.807) is 18.2 Å². The largest absolute Gasteiger partial charge is 0.878 e. The molecule has 9 heavy (non-hydrogen) atoms. The standard InChI is InChI=1S/C7H8O2/c8-6-4-2-1-3-5-7-9/h1-8H/p-1/b2-1+,5-3+,6-4+. The number of aldehydes is 1. The van der Waals surface area contributed by atoms with Gasteiger partial charge in [0.05, 0.1) is 0 Å². The number of carbonyl (C=O) groups is 1. The first-order valence-electron chi connectivity index (χ1n) is 2.47. The fourth-order valence-electron chi connectivity index (χ4n) is 0.283. The molecule has 0 aliphatic rings. The minimum absolute atomic E-state index is 0.672. The van der Waals surface area contributed by atoms with E-state index < -0.39 is 0 Å². The Bertz CT molecular complexity index is 143. The normalized spacial score (nSPS) is 12.0. The van der Waals surface area contributed by atoms with Gasteiger partial charge in [-0.2, -0.15) is 0 Å². The molecule has 0 rings (SSSR count). The van der Waals surface area contributed by atoms with Gasteiger partial charge in [0.2, 0.25) is 0 Å². The number of rotatable bonds is 3. The monoisotopic (exact) mass is 123 g/mol. The van der Waals surface area contributed by atoms with Crippen molar-refractivity contribution in [3.05, 3.63) is 36.6 Å². The molecule has 0 unspecified atom stereocenters. The van der Waals surface area contributed by atoms with Gasteiger partial charge in [0.1, 0.15) is 6.29 Å². The van der Waals surface area contributed by atoms with Crippen molar-refractivity contribution in [1.82, 2.24) is 0 Å². The Labute approximate surface area is 53.8 Å². The molecule has 0 aliphatic carbocycles. The zero-order chi connectivity index (χ0) is 6.95. The molecule has 0 atom stereocenters. The topological polar surface area (TPSA) is 40.1 Å². The van der Waals surface area contributed by atoms with Crippen molar-refractivity contribution in [2.45, 2.75) is 0 Å². The quantitative estimate of drug-likeness (QED) is 0.232. The van der Waals surface area contributed by atoms with Crippen LogP contribution in [-0.4, -0.2) is 6.29 Å². The summed E-state index contributed by atoms with van der Waals surface area (Å²) < 4.78 is 0. The van der Waals surface area contributed by atoms with Gasteiger partial charge in [0.15, 0.2) is 0 Å². The highest BCUT2D eigenvalue weighted by Crippen LogP contribution is 1.75. The van der Waals surface area contributed by atoms with Gasteiger partial charge in [-0.3, -0.25) is 4.79 Å². The van der Waals surface area contributed by atoms with Crippen LogP contribution >= 0.6 is 0 Å². The molecule has 2 nitrogen and oxygen atoms in total. The van der Waals surface area contributed by atoms with Crippen molar-refractivity contribution in [2.24, 2.45) is 0 Å². The highest BCUT2D eigenvalue weighted by Gasteiger charge is 1.58. The number of allylic oxidation sites excluding steroid dienone is 5. The van der Waals surface area contributed by atoms with E-state index in [2.05, 4.69) is 0 Å². The van der Waals surface area contributed by atoms with Crippen LogP contribution in [-0.2, 0) is 4.79 Å². The van der Waals surface area contributed by atoms with Gasteiger partial charge in [-0.1, -0.05) is 24.3 Å². The van der Waals surface area contributed by atoms with Crippen LogP contribution < -0.4 is 5.11 Å². The SMILES string of the molecule is O=C/C=C/C=C/C=C/[O-]. The zero-order valence-corrected chi connectivity index (χ0v) is 4.86. The maximum atomic E-state index is 9.64. The lowest BCUT2D eigenvalue weighted by atomic mass is 10.4. The molecule has 0 aromatic rings. The second-order valence-corrected chi connectivity index (χ2v) is 1.23. The minimum atomic E-state index is 0.672. The Kier molecular flexibility index (Phi) is 5.72. The maximum Gasteiger partial charge on any atom is 0.142 e. The van der Waals surface area contributed by atoms with E-state index in [1.807, 2.05) is 0 Å². The summed E-state index contributed by atoms with van der Waals surface area (Å²) in [5.74, 6) is 0. The summed E-state index contributed by atoms with van der Waals surface area (Å²) in [6.45, 7) is 0. The first kappa shape index (κ1) is 7.69. The third-order valence-corrected chi connectivity index (χ3v) is 0.602. The molecule has 0 N–H and O–H groups in total. The van der Waals surface area contributed by atoms with E-state index in [-0.39, 0.29) is 0 Å². The predicted molar refractivity (Wildman–Crippen MR) is 33.5 cm³/mol. The lowest BCUT2D eigenvalue weighted by Gasteiger charge is -1.80. The van der Waals surface area contributed by atoms with Gasteiger partial charge in [0, 0.05) is 0 Å². The highest BCUT2D eigenvalue weighted by atomic mass is 16.2. The summed E-state index contributed by atoms with van der Waals surface area (Å²) in [5, 5.41) is 9.64. The van der Waals surface area contributed by atoms with E-state index in [1.165, 1.54) is 12.2 Å². The predicted octanol–water partition coefficient (Wildman–Crippen LogP) is 0.172. The molecule has 0 heterocycles. The molecule has 0 amide bonds. The van der Waals surface area contributed by atoms with E-state index in [9.17, 15) is 9.90 Å². The van der Waals surface area contributed by atoms with Gasteiger partial charge in [-0.05, 0) is 6.08 Å². The second kappa shape index (κ2) is 6.69. The molecule has 0 fully saturated rings. The van der Waals surface area contributed by atoms with Crippen LogP contribution in [0.2, 0.25) is 0 Å². The average Bonchev–Trinajstić information content (AvgIpc) is 1.89. The molecule has 0 spiro atoms. The van der Waals surface area contributed by atoms with Gasteiger partial charge in [-0.15, -0.1) is 6.26 Å². The molecule has 48 valence electrons. The zero-order valence-electron chi connectivity index (χ0n) is 4.86. The Morgan fingerprint density at radius 2 is 1.44 bits per heavy atom. The van der Waals surface area contributed by atoms with Crippen molar-refractivity contribution in [2.75, 3.05) is 0 Å². The molecule has 0 aromatic heterocycles. The lowest BCUT2D eigenvalue weighted by Crippen LogP contribution is -1.81. The maximum absolute atomic E-state index is 9.64. The summed E-state index contributed by atoms with van der Waals surface area (Å²) in [6.07, 6.45) is 8.73. The average molecular weight is 123 g/mol. The van der Waals surface area contributed by atoms with Crippen molar-refractivity contribution >= 4 is 6.29 Å². The first-order chi connectivity index (χ1) is 4.41. The molecular formula is C7H7O2-. The van der Waals surface area contributed by atoms with Crippen LogP contribution in [0.5, 0.6) is 0 Å². The van der Waals surface area contributed by atoms with Crippen LogP contribution in [0.15, 0.2) is 36.6 Å². The fraction of sp³-hybridized carbons (Fsp3) is 0. The Balaban J connectivity index is 3.46. The molecule has 0 bridgehead atoms.